The van der Waals surface area contributed by atoms with Crippen molar-refractivity contribution in [2.24, 2.45) is 0 Å². The molecule has 0 atom stereocenters. The number of methoxy groups -OCH3 is 1. The number of carbonyl (C=O) groups is 4. The lowest BCUT2D eigenvalue weighted by Crippen LogP contribution is -2.16. The maximum Gasteiger partial charge on any atom is 0.338 e. The third-order valence-electron chi connectivity index (χ3n) is 5.67. The predicted octanol–water partition coefficient (Wildman–Crippen LogP) is 6.34. The highest BCUT2D eigenvalue weighted by molar-refractivity contribution is 5.92. The van der Waals surface area contributed by atoms with Crippen LogP contribution in [0.3, 0.4) is 0 Å². The Morgan fingerprint density at radius 2 is 1.15 bits per heavy atom. The van der Waals surface area contributed by atoms with Crippen LogP contribution >= 0.6 is 0 Å². The van der Waals surface area contributed by atoms with Crippen LogP contribution in [0.15, 0.2) is 36.4 Å². The molecule has 0 N–H and O–H groups in total. The van der Waals surface area contributed by atoms with E-state index in [4.69, 9.17) is 23.7 Å². The summed E-state index contributed by atoms with van der Waals surface area (Å²) in [4.78, 5) is 50.6. The number of hydrogen-bond acceptors (Lipinski definition) is 9. The van der Waals surface area contributed by atoms with Crippen molar-refractivity contribution in [3.8, 4) is 23.0 Å². The van der Waals surface area contributed by atoms with E-state index in [0.717, 1.165) is 19.3 Å². The highest BCUT2D eigenvalue weighted by atomic mass is 16.6. The number of unbranched alkanes of at least 4 members (excludes halogenated alkanes) is 3. The molecule has 0 aliphatic carbocycles. The summed E-state index contributed by atoms with van der Waals surface area (Å²) in [6.45, 7) is 5.70. The van der Waals surface area contributed by atoms with Gasteiger partial charge >= 0.3 is 23.9 Å². The molecule has 0 spiro atoms. The number of esters is 4. The lowest BCUT2D eigenvalue weighted by molar-refractivity contribution is -0.138. The van der Waals surface area contributed by atoms with Gasteiger partial charge < -0.3 is 23.7 Å². The van der Waals surface area contributed by atoms with Gasteiger partial charge in [0.15, 0.2) is 11.5 Å². The maximum absolute atomic E-state index is 13.1. The number of carbonyl (C=O) groups excluding carboxylic acids is 4. The first kappa shape index (κ1) is 31.3. The van der Waals surface area contributed by atoms with Crippen molar-refractivity contribution >= 4 is 23.9 Å². The molecule has 212 valence electrons. The number of hydrogen-bond donors (Lipinski definition) is 0. The highest BCUT2D eigenvalue weighted by Gasteiger charge is 2.25. The molecule has 0 saturated heterocycles. The van der Waals surface area contributed by atoms with Crippen molar-refractivity contribution in [3.63, 3.8) is 0 Å². The van der Waals surface area contributed by atoms with E-state index in [-0.39, 0.29) is 48.7 Å². The van der Waals surface area contributed by atoms with Crippen molar-refractivity contribution < 1.29 is 42.9 Å². The van der Waals surface area contributed by atoms with Crippen LogP contribution in [-0.4, -0.2) is 31.0 Å². The summed E-state index contributed by atoms with van der Waals surface area (Å²) in [5, 5.41) is 0. The summed E-state index contributed by atoms with van der Waals surface area (Å²) in [6.07, 6.45) is 4.42. The largest absolute Gasteiger partial charge is 0.496 e. The number of ether oxygens (including phenoxy) is 5. The summed E-state index contributed by atoms with van der Waals surface area (Å²) in [7, 11) is 1.51. The second-order valence-electron chi connectivity index (χ2n) is 8.92. The summed E-state index contributed by atoms with van der Waals surface area (Å²) >= 11 is 0. The zero-order valence-electron chi connectivity index (χ0n) is 23.2. The molecule has 9 heteroatoms. The van der Waals surface area contributed by atoms with Gasteiger partial charge in [0.2, 0.25) is 5.75 Å². The number of rotatable bonds is 16. The lowest BCUT2D eigenvalue weighted by atomic mass is 10.1. The van der Waals surface area contributed by atoms with Gasteiger partial charge in [-0.2, -0.15) is 0 Å². The van der Waals surface area contributed by atoms with Gasteiger partial charge in [-0.05, 0) is 37.5 Å². The molecular weight excluding hydrogens is 504 g/mol. The van der Waals surface area contributed by atoms with Gasteiger partial charge in [0.25, 0.3) is 0 Å². The average molecular weight is 543 g/mol. The first-order valence-electron chi connectivity index (χ1n) is 13.4. The minimum atomic E-state index is -0.763. The fourth-order valence-electron chi connectivity index (χ4n) is 3.47. The van der Waals surface area contributed by atoms with Gasteiger partial charge in [-0.15, -0.1) is 0 Å². The van der Waals surface area contributed by atoms with Crippen molar-refractivity contribution in [2.45, 2.75) is 85.2 Å². The Labute approximate surface area is 229 Å². The first-order chi connectivity index (χ1) is 18.8. The summed E-state index contributed by atoms with van der Waals surface area (Å²) < 4.78 is 27.3. The SMILES string of the molecule is CCCCC(=O)Oc1cc(C(=O)OCc2ccccc2OC)cc(OC(=O)CCCC)c1OC(=O)CCCC. The van der Waals surface area contributed by atoms with Gasteiger partial charge in [0.05, 0.1) is 12.7 Å². The van der Waals surface area contributed by atoms with Crippen LogP contribution < -0.4 is 18.9 Å². The van der Waals surface area contributed by atoms with E-state index in [1.807, 2.05) is 20.8 Å². The standard InChI is InChI=1S/C30H38O9/c1-5-8-15-26(31)37-24-18-22(30(34)36-20-21-13-11-12-14-23(21)35-4)19-25(38-27(32)16-9-6-2)29(24)39-28(33)17-10-7-3/h11-14,18-19H,5-10,15-17,20H2,1-4H3. The quantitative estimate of drug-likeness (QED) is 0.177. The van der Waals surface area contributed by atoms with E-state index >= 15 is 0 Å². The van der Waals surface area contributed by atoms with E-state index in [1.54, 1.807) is 24.3 Å². The molecule has 0 aromatic heterocycles. The van der Waals surface area contributed by atoms with E-state index < -0.39 is 23.9 Å². The summed E-state index contributed by atoms with van der Waals surface area (Å²) in [5.74, 6) is -2.59. The third-order valence-corrected chi connectivity index (χ3v) is 5.67. The minimum Gasteiger partial charge on any atom is -0.496 e. The Balaban J connectivity index is 2.46. The van der Waals surface area contributed by atoms with Gasteiger partial charge in [-0.1, -0.05) is 58.2 Å². The molecule has 2 aromatic rings. The molecule has 9 nitrogen and oxygen atoms in total. The molecule has 0 unspecified atom stereocenters. The average Bonchev–Trinajstić information content (AvgIpc) is 2.94. The van der Waals surface area contributed by atoms with Crippen LogP contribution in [-0.2, 0) is 25.7 Å². The van der Waals surface area contributed by atoms with Crippen LogP contribution in [0.2, 0.25) is 0 Å². The van der Waals surface area contributed by atoms with Gasteiger partial charge in [0, 0.05) is 24.8 Å². The molecular formula is C30H38O9. The number of para-hydroxylation sites is 1. The van der Waals surface area contributed by atoms with Crippen molar-refractivity contribution in [3.05, 3.63) is 47.5 Å². The van der Waals surface area contributed by atoms with Gasteiger partial charge in [-0.3, -0.25) is 14.4 Å². The van der Waals surface area contributed by atoms with Gasteiger partial charge in [0.1, 0.15) is 12.4 Å². The second-order valence-corrected chi connectivity index (χ2v) is 8.92. The monoisotopic (exact) mass is 542 g/mol. The van der Waals surface area contributed by atoms with Crippen LogP contribution in [0.1, 0.15) is 94.5 Å². The van der Waals surface area contributed by atoms with E-state index in [0.29, 0.717) is 30.6 Å². The summed E-state index contributed by atoms with van der Waals surface area (Å²) in [5.41, 5.74) is 0.599. The second kappa shape index (κ2) is 16.9. The Hall–Kier alpha value is -3.88. The minimum absolute atomic E-state index is 0.0464. The predicted molar refractivity (Wildman–Crippen MR) is 144 cm³/mol. The fourth-order valence-corrected chi connectivity index (χ4v) is 3.47. The molecule has 0 saturated carbocycles. The van der Waals surface area contributed by atoms with Crippen molar-refractivity contribution in [1.82, 2.24) is 0 Å². The van der Waals surface area contributed by atoms with E-state index in [9.17, 15) is 19.2 Å². The maximum atomic E-state index is 13.1. The smallest absolute Gasteiger partial charge is 0.338 e. The van der Waals surface area contributed by atoms with Crippen LogP contribution in [0.4, 0.5) is 0 Å². The van der Waals surface area contributed by atoms with Crippen LogP contribution in [0, 0.1) is 0 Å². The third kappa shape index (κ3) is 10.4. The molecule has 0 fully saturated rings. The molecule has 0 aliphatic rings. The summed E-state index contributed by atoms with van der Waals surface area (Å²) in [6, 6.07) is 9.58. The topological polar surface area (TPSA) is 114 Å². The zero-order valence-corrected chi connectivity index (χ0v) is 23.2. The van der Waals surface area contributed by atoms with E-state index in [1.165, 1.54) is 19.2 Å². The Morgan fingerprint density at radius 3 is 1.64 bits per heavy atom. The number of benzene rings is 2. The highest BCUT2D eigenvalue weighted by Crippen LogP contribution is 2.40. The Kier molecular flexibility index (Phi) is 13.5. The van der Waals surface area contributed by atoms with Crippen LogP contribution in [0.25, 0.3) is 0 Å². The Bertz CT molecular complexity index is 1080. The van der Waals surface area contributed by atoms with Gasteiger partial charge in [-0.25, -0.2) is 4.79 Å². The molecule has 0 heterocycles. The normalized spacial score (nSPS) is 10.5. The fraction of sp³-hybridized carbons (Fsp3) is 0.467. The molecule has 2 rings (SSSR count). The van der Waals surface area contributed by atoms with Crippen LogP contribution in [0.5, 0.6) is 23.0 Å². The molecule has 0 radical (unpaired) electrons. The first-order valence-corrected chi connectivity index (χ1v) is 13.4. The molecule has 0 bridgehead atoms. The molecule has 39 heavy (non-hydrogen) atoms. The molecule has 0 aliphatic heterocycles. The lowest BCUT2D eigenvalue weighted by Gasteiger charge is -2.16. The van der Waals surface area contributed by atoms with E-state index in [2.05, 4.69) is 0 Å². The Morgan fingerprint density at radius 1 is 0.667 bits per heavy atom. The zero-order chi connectivity index (χ0) is 28.6. The molecule has 2 aromatic carbocycles. The molecule has 0 amide bonds. The van der Waals surface area contributed by atoms with Crippen molar-refractivity contribution in [2.75, 3.05) is 7.11 Å². The van der Waals surface area contributed by atoms with Crippen molar-refractivity contribution in [1.29, 1.82) is 0 Å².